The lowest BCUT2D eigenvalue weighted by molar-refractivity contribution is 0.240. The van der Waals surface area contributed by atoms with Crippen LogP contribution in [0.25, 0.3) is 0 Å². The summed E-state index contributed by atoms with van der Waals surface area (Å²) in [6.45, 7) is 2.11. The number of aliphatic hydroxyl groups is 1. The molecule has 0 aromatic heterocycles. The Bertz CT molecular complexity index is 525. The van der Waals surface area contributed by atoms with E-state index in [2.05, 4.69) is 41.7 Å². The lowest BCUT2D eigenvalue weighted by atomic mass is 9.98. The second kappa shape index (κ2) is 7.81. The van der Waals surface area contributed by atoms with Gasteiger partial charge in [-0.1, -0.05) is 42.5 Å². The lowest BCUT2D eigenvalue weighted by Gasteiger charge is -2.23. The van der Waals surface area contributed by atoms with E-state index in [-0.39, 0.29) is 18.7 Å². The summed E-state index contributed by atoms with van der Waals surface area (Å²) < 4.78 is 5.21. The zero-order valence-electron chi connectivity index (χ0n) is 12.6. The van der Waals surface area contributed by atoms with Crippen molar-refractivity contribution in [2.75, 3.05) is 13.7 Å². The van der Waals surface area contributed by atoms with E-state index in [0.29, 0.717) is 0 Å². The normalized spacial score (nSPS) is 13.7. The molecule has 0 saturated heterocycles. The first-order valence-corrected chi connectivity index (χ1v) is 7.27. The van der Waals surface area contributed by atoms with E-state index >= 15 is 0 Å². The van der Waals surface area contributed by atoms with Gasteiger partial charge in [-0.15, -0.1) is 0 Å². The largest absolute Gasteiger partial charge is 0.497 e. The molecule has 0 fully saturated rings. The highest BCUT2D eigenvalue weighted by molar-refractivity contribution is 5.30. The Kier molecular flexibility index (Phi) is 5.78. The van der Waals surface area contributed by atoms with Crippen molar-refractivity contribution in [3.8, 4) is 5.75 Å². The van der Waals surface area contributed by atoms with Gasteiger partial charge in [0.25, 0.3) is 0 Å². The maximum absolute atomic E-state index is 9.30. The summed E-state index contributed by atoms with van der Waals surface area (Å²) in [6.07, 6.45) is 0.886. The molecular weight excluding hydrogens is 262 g/mol. The van der Waals surface area contributed by atoms with E-state index in [1.807, 2.05) is 25.1 Å². The molecule has 2 aromatic carbocycles. The fraction of sp³-hybridized carbons (Fsp3) is 0.333. The second-order valence-electron chi connectivity index (χ2n) is 5.27. The van der Waals surface area contributed by atoms with Crippen molar-refractivity contribution < 1.29 is 9.84 Å². The van der Waals surface area contributed by atoms with Gasteiger partial charge < -0.3 is 15.2 Å². The summed E-state index contributed by atoms with van der Waals surface area (Å²) in [5, 5.41) is 12.8. The zero-order valence-corrected chi connectivity index (χ0v) is 12.6. The smallest absolute Gasteiger partial charge is 0.118 e. The van der Waals surface area contributed by atoms with Gasteiger partial charge in [0.2, 0.25) is 0 Å². The first kappa shape index (κ1) is 15.5. The van der Waals surface area contributed by atoms with E-state index in [0.717, 1.165) is 12.2 Å². The van der Waals surface area contributed by atoms with Crippen molar-refractivity contribution in [1.82, 2.24) is 5.32 Å². The molecule has 0 spiro atoms. The molecule has 0 heterocycles. The lowest BCUT2D eigenvalue weighted by Crippen LogP contribution is -2.34. The van der Waals surface area contributed by atoms with Crippen molar-refractivity contribution in [2.45, 2.75) is 25.4 Å². The number of methoxy groups -OCH3 is 1. The molecule has 3 nitrogen and oxygen atoms in total. The van der Waals surface area contributed by atoms with E-state index in [1.165, 1.54) is 11.1 Å². The molecule has 0 amide bonds. The van der Waals surface area contributed by atoms with Crippen LogP contribution in [0.15, 0.2) is 54.6 Å². The van der Waals surface area contributed by atoms with Crippen LogP contribution in [0.4, 0.5) is 0 Å². The van der Waals surface area contributed by atoms with E-state index in [1.54, 1.807) is 7.11 Å². The van der Waals surface area contributed by atoms with Gasteiger partial charge in [-0.25, -0.2) is 0 Å². The zero-order chi connectivity index (χ0) is 15.1. The molecule has 2 N–H and O–H groups in total. The Balaban J connectivity index is 2.17. The van der Waals surface area contributed by atoms with Crippen LogP contribution in [-0.4, -0.2) is 24.9 Å². The predicted octanol–water partition coefficient (Wildman–Crippen LogP) is 2.95. The summed E-state index contributed by atoms with van der Waals surface area (Å²) in [5.74, 6) is 0.854. The van der Waals surface area contributed by atoms with Crippen molar-refractivity contribution in [3.05, 3.63) is 65.7 Å². The molecular formula is C18H23NO2. The summed E-state index contributed by atoms with van der Waals surface area (Å²) in [5.41, 5.74) is 2.47. The summed E-state index contributed by atoms with van der Waals surface area (Å²) in [7, 11) is 1.67. The van der Waals surface area contributed by atoms with Gasteiger partial charge >= 0.3 is 0 Å². The van der Waals surface area contributed by atoms with Gasteiger partial charge in [-0.05, 0) is 36.6 Å². The van der Waals surface area contributed by atoms with Gasteiger partial charge in [0.15, 0.2) is 0 Å². The molecule has 0 unspecified atom stereocenters. The molecule has 112 valence electrons. The SMILES string of the molecule is COc1ccc([C@@H](Cc2ccccc2)N[C@H](C)CO)cc1. The number of aliphatic hydroxyl groups excluding tert-OH is 1. The van der Waals surface area contributed by atoms with Crippen molar-refractivity contribution in [3.63, 3.8) is 0 Å². The average molecular weight is 285 g/mol. The van der Waals surface area contributed by atoms with Crippen LogP contribution in [0.5, 0.6) is 5.75 Å². The third-order valence-electron chi connectivity index (χ3n) is 3.56. The van der Waals surface area contributed by atoms with Crippen molar-refractivity contribution >= 4 is 0 Å². The maximum Gasteiger partial charge on any atom is 0.118 e. The van der Waals surface area contributed by atoms with Crippen molar-refractivity contribution in [2.24, 2.45) is 0 Å². The number of ether oxygens (including phenoxy) is 1. The predicted molar refractivity (Wildman–Crippen MR) is 85.6 cm³/mol. The van der Waals surface area contributed by atoms with Crippen LogP contribution < -0.4 is 10.1 Å². The molecule has 0 radical (unpaired) electrons. The molecule has 21 heavy (non-hydrogen) atoms. The van der Waals surface area contributed by atoms with Gasteiger partial charge in [0.1, 0.15) is 5.75 Å². The summed E-state index contributed by atoms with van der Waals surface area (Å²) >= 11 is 0. The third-order valence-corrected chi connectivity index (χ3v) is 3.56. The molecule has 0 bridgehead atoms. The Morgan fingerprint density at radius 1 is 1.05 bits per heavy atom. The molecule has 0 aliphatic carbocycles. The minimum absolute atomic E-state index is 0.0563. The highest BCUT2D eigenvalue weighted by Gasteiger charge is 2.14. The number of nitrogens with one attached hydrogen (secondary N) is 1. The maximum atomic E-state index is 9.30. The van der Waals surface area contributed by atoms with Gasteiger partial charge in [-0.2, -0.15) is 0 Å². The molecule has 2 rings (SSSR count). The monoisotopic (exact) mass is 285 g/mol. The minimum Gasteiger partial charge on any atom is -0.497 e. The fourth-order valence-corrected chi connectivity index (χ4v) is 2.36. The van der Waals surface area contributed by atoms with E-state index < -0.39 is 0 Å². The van der Waals surface area contributed by atoms with Crippen LogP contribution in [0.2, 0.25) is 0 Å². The first-order valence-electron chi connectivity index (χ1n) is 7.27. The molecule has 0 aliphatic heterocycles. The Morgan fingerprint density at radius 2 is 1.71 bits per heavy atom. The number of hydrogen-bond donors (Lipinski definition) is 2. The highest BCUT2D eigenvalue weighted by atomic mass is 16.5. The number of hydrogen-bond acceptors (Lipinski definition) is 3. The summed E-state index contributed by atoms with van der Waals surface area (Å²) in [6, 6.07) is 18.7. The molecule has 3 heteroatoms. The Hall–Kier alpha value is -1.84. The molecule has 2 aromatic rings. The number of benzene rings is 2. The topological polar surface area (TPSA) is 41.5 Å². The quantitative estimate of drug-likeness (QED) is 0.822. The molecule has 2 atom stereocenters. The van der Waals surface area contributed by atoms with Crippen molar-refractivity contribution in [1.29, 1.82) is 0 Å². The van der Waals surface area contributed by atoms with Crippen LogP contribution in [-0.2, 0) is 6.42 Å². The fourth-order valence-electron chi connectivity index (χ4n) is 2.36. The van der Waals surface area contributed by atoms with Crippen LogP contribution in [0.1, 0.15) is 24.1 Å². The standard InChI is InChI=1S/C18H23NO2/c1-14(13-20)19-18(12-15-6-4-3-5-7-15)16-8-10-17(21-2)11-9-16/h3-11,14,18-20H,12-13H2,1-2H3/t14-,18-/m1/s1. The average Bonchev–Trinajstić information content (AvgIpc) is 2.55. The Labute approximate surface area is 126 Å². The molecule has 0 aliphatic rings. The first-order chi connectivity index (χ1) is 10.2. The van der Waals surface area contributed by atoms with Crippen LogP contribution in [0.3, 0.4) is 0 Å². The van der Waals surface area contributed by atoms with Crippen LogP contribution in [0, 0.1) is 0 Å². The minimum atomic E-state index is 0.0563. The number of rotatable bonds is 7. The van der Waals surface area contributed by atoms with Gasteiger partial charge in [0.05, 0.1) is 13.7 Å². The van der Waals surface area contributed by atoms with Crippen LogP contribution >= 0.6 is 0 Å². The third kappa shape index (κ3) is 4.59. The second-order valence-corrected chi connectivity index (χ2v) is 5.27. The summed E-state index contributed by atoms with van der Waals surface area (Å²) in [4.78, 5) is 0. The van der Waals surface area contributed by atoms with E-state index in [9.17, 15) is 5.11 Å². The molecule has 0 saturated carbocycles. The van der Waals surface area contributed by atoms with Gasteiger partial charge in [-0.3, -0.25) is 0 Å². The highest BCUT2D eigenvalue weighted by Crippen LogP contribution is 2.22. The van der Waals surface area contributed by atoms with Gasteiger partial charge in [0, 0.05) is 12.1 Å². The van der Waals surface area contributed by atoms with E-state index in [4.69, 9.17) is 4.74 Å². The Morgan fingerprint density at radius 3 is 2.29 bits per heavy atom.